The average molecular weight is 224 g/mol. The van der Waals surface area contributed by atoms with Crippen LogP contribution >= 0.6 is 0 Å². The topological polar surface area (TPSA) is 38.0 Å². The Balaban J connectivity index is 1.98. The van der Waals surface area contributed by atoms with Gasteiger partial charge >= 0.3 is 0 Å². The molecule has 0 aromatic heterocycles. The highest BCUT2D eigenvalue weighted by atomic mass is 15.1. The molecular weight excluding hydrogens is 196 g/mol. The predicted octanol–water partition coefficient (Wildman–Crippen LogP) is 2.67. The molecule has 3 N–H and O–H groups in total. The standard InChI is InChI=1S/C14H28N2/c1-11-5-4-7-14(11,10-15)16-12-6-8-13(2,3)9-12/h11-12,16H,4-10,15H2,1-3H3. The Hall–Kier alpha value is -0.0800. The maximum atomic E-state index is 6.04. The van der Waals surface area contributed by atoms with Crippen molar-refractivity contribution in [1.29, 1.82) is 0 Å². The molecule has 0 aromatic rings. The molecule has 94 valence electrons. The van der Waals surface area contributed by atoms with Gasteiger partial charge in [-0.1, -0.05) is 27.2 Å². The van der Waals surface area contributed by atoms with E-state index in [9.17, 15) is 0 Å². The van der Waals surface area contributed by atoms with Gasteiger partial charge in [-0.2, -0.15) is 0 Å². The van der Waals surface area contributed by atoms with Gasteiger partial charge in [0.2, 0.25) is 0 Å². The first kappa shape index (κ1) is 12.4. The van der Waals surface area contributed by atoms with Crippen molar-refractivity contribution in [1.82, 2.24) is 5.32 Å². The molecule has 16 heavy (non-hydrogen) atoms. The summed E-state index contributed by atoms with van der Waals surface area (Å²) in [5.74, 6) is 0.751. The van der Waals surface area contributed by atoms with Crippen LogP contribution in [0.15, 0.2) is 0 Å². The minimum absolute atomic E-state index is 0.255. The van der Waals surface area contributed by atoms with Crippen molar-refractivity contribution in [3.63, 3.8) is 0 Å². The summed E-state index contributed by atoms with van der Waals surface area (Å²) in [6.07, 6.45) is 7.99. The Labute approximate surface area is 100 Å². The zero-order valence-corrected chi connectivity index (χ0v) is 11.2. The maximum Gasteiger partial charge on any atom is 0.0332 e. The minimum Gasteiger partial charge on any atom is -0.329 e. The molecule has 0 amide bonds. The largest absolute Gasteiger partial charge is 0.329 e. The van der Waals surface area contributed by atoms with Crippen LogP contribution in [0, 0.1) is 11.3 Å². The van der Waals surface area contributed by atoms with Crippen molar-refractivity contribution in [2.45, 2.75) is 70.9 Å². The lowest BCUT2D eigenvalue weighted by molar-refractivity contribution is 0.228. The van der Waals surface area contributed by atoms with Crippen molar-refractivity contribution in [2.75, 3.05) is 6.54 Å². The summed E-state index contributed by atoms with van der Waals surface area (Å²) >= 11 is 0. The van der Waals surface area contributed by atoms with Gasteiger partial charge in [0.25, 0.3) is 0 Å². The highest BCUT2D eigenvalue weighted by molar-refractivity contribution is 5.02. The fourth-order valence-corrected chi connectivity index (χ4v) is 3.79. The van der Waals surface area contributed by atoms with Gasteiger partial charge in [-0.25, -0.2) is 0 Å². The van der Waals surface area contributed by atoms with E-state index in [1.807, 2.05) is 0 Å². The van der Waals surface area contributed by atoms with Gasteiger partial charge in [0, 0.05) is 18.1 Å². The van der Waals surface area contributed by atoms with Gasteiger partial charge in [-0.15, -0.1) is 0 Å². The predicted molar refractivity (Wildman–Crippen MR) is 69.4 cm³/mol. The molecule has 2 rings (SSSR count). The average Bonchev–Trinajstić information content (AvgIpc) is 2.72. The Bertz CT molecular complexity index is 249. The molecule has 2 fully saturated rings. The number of nitrogens with one attached hydrogen (secondary N) is 1. The lowest BCUT2D eigenvalue weighted by atomic mass is 9.86. The van der Waals surface area contributed by atoms with E-state index in [1.165, 1.54) is 38.5 Å². The highest BCUT2D eigenvalue weighted by Crippen LogP contribution is 2.41. The summed E-state index contributed by atoms with van der Waals surface area (Å²) in [4.78, 5) is 0. The third kappa shape index (κ3) is 2.28. The van der Waals surface area contributed by atoms with Crippen molar-refractivity contribution >= 4 is 0 Å². The van der Waals surface area contributed by atoms with E-state index in [-0.39, 0.29) is 5.54 Å². The van der Waals surface area contributed by atoms with Crippen LogP contribution in [0.1, 0.15) is 59.3 Å². The quantitative estimate of drug-likeness (QED) is 0.773. The molecule has 2 nitrogen and oxygen atoms in total. The molecule has 3 unspecified atom stereocenters. The molecule has 0 saturated heterocycles. The highest BCUT2D eigenvalue weighted by Gasteiger charge is 2.42. The Kier molecular flexibility index (Phi) is 3.33. The van der Waals surface area contributed by atoms with Crippen LogP contribution in [0.25, 0.3) is 0 Å². The number of rotatable bonds is 3. The molecule has 0 radical (unpaired) electrons. The molecule has 2 heteroatoms. The summed E-state index contributed by atoms with van der Waals surface area (Å²) in [6, 6.07) is 0.708. The number of nitrogens with two attached hydrogens (primary N) is 1. The molecular formula is C14H28N2. The van der Waals surface area contributed by atoms with Crippen LogP contribution in [0.5, 0.6) is 0 Å². The Morgan fingerprint density at radius 1 is 1.25 bits per heavy atom. The number of hydrogen-bond donors (Lipinski definition) is 2. The summed E-state index contributed by atoms with van der Waals surface area (Å²) in [6.45, 7) is 7.96. The Morgan fingerprint density at radius 2 is 2.00 bits per heavy atom. The van der Waals surface area contributed by atoms with Gasteiger partial charge in [-0.3, -0.25) is 0 Å². The van der Waals surface area contributed by atoms with E-state index in [2.05, 4.69) is 26.1 Å². The van der Waals surface area contributed by atoms with E-state index in [1.54, 1.807) is 0 Å². The molecule has 0 bridgehead atoms. The first-order chi connectivity index (χ1) is 7.47. The second-order valence-electron chi connectivity index (χ2n) is 6.90. The first-order valence-electron chi connectivity index (χ1n) is 6.95. The van der Waals surface area contributed by atoms with Crippen molar-refractivity contribution in [3.05, 3.63) is 0 Å². The fourth-order valence-electron chi connectivity index (χ4n) is 3.79. The summed E-state index contributed by atoms with van der Waals surface area (Å²) in [7, 11) is 0. The van der Waals surface area contributed by atoms with Crippen LogP contribution in [0.3, 0.4) is 0 Å². The molecule has 0 aliphatic heterocycles. The summed E-state index contributed by atoms with van der Waals surface area (Å²) in [5, 5.41) is 3.92. The molecule has 2 saturated carbocycles. The van der Waals surface area contributed by atoms with E-state index >= 15 is 0 Å². The van der Waals surface area contributed by atoms with Crippen molar-refractivity contribution in [2.24, 2.45) is 17.1 Å². The van der Waals surface area contributed by atoms with Crippen molar-refractivity contribution < 1.29 is 0 Å². The lowest BCUT2D eigenvalue weighted by Gasteiger charge is -2.37. The third-order valence-corrected chi connectivity index (χ3v) is 5.03. The normalized spacial score (nSPS) is 42.8. The molecule has 3 atom stereocenters. The van der Waals surface area contributed by atoms with E-state index in [0.717, 1.165) is 12.5 Å². The second-order valence-corrected chi connectivity index (χ2v) is 6.90. The van der Waals surface area contributed by atoms with E-state index in [0.29, 0.717) is 11.5 Å². The summed E-state index contributed by atoms with van der Waals surface area (Å²) in [5.41, 5.74) is 6.83. The van der Waals surface area contributed by atoms with Gasteiger partial charge in [0.15, 0.2) is 0 Å². The zero-order valence-electron chi connectivity index (χ0n) is 11.2. The zero-order chi connectivity index (χ0) is 11.8. The van der Waals surface area contributed by atoms with Crippen LogP contribution in [0.2, 0.25) is 0 Å². The minimum atomic E-state index is 0.255. The van der Waals surface area contributed by atoms with Crippen molar-refractivity contribution in [3.8, 4) is 0 Å². The van der Waals surface area contributed by atoms with Gasteiger partial charge in [-0.05, 0) is 43.4 Å². The Morgan fingerprint density at radius 3 is 2.44 bits per heavy atom. The second kappa shape index (κ2) is 4.30. The monoisotopic (exact) mass is 224 g/mol. The van der Waals surface area contributed by atoms with Crippen LogP contribution in [-0.4, -0.2) is 18.1 Å². The number of hydrogen-bond acceptors (Lipinski definition) is 2. The van der Waals surface area contributed by atoms with Crippen LogP contribution in [0.4, 0.5) is 0 Å². The van der Waals surface area contributed by atoms with Crippen LogP contribution in [-0.2, 0) is 0 Å². The van der Waals surface area contributed by atoms with Gasteiger partial charge < -0.3 is 11.1 Å². The van der Waals surface area contributed by atoms with Crippen LogP contribution < -0.4 is 11.1 Å². The lowest BCUT2D eigenvalue weighted by Crippen LogP contribution is -2.56. The van der Waals surface area contributed by atoms with Gasteiger partial charge in [0.05, 0.1) is 0 Å². The van der Waals surface area contributed by atoms with E-state index in [4.69, 9.17) is 5.73 Å². The SMILES string of the molecule is CC1CCCC1(CN)NC1CCC(C)(C)C1. The fraction of sp³-hybridized carbons (Fsp3) is 1.00. The molecule has 0 spiro atoms. The molecule has 2 aliphatic rings. The smallest absolute Gasteiger partial charge is 0.0332 e. The van der Waals surface area contributed by atoms with E-state index < -0.39 is 0 Å². The first-order valence-corrected chi connectivity index (χ1v) is 6.95. The summed E-state index contributed by atoms with van der Waals surface area (Å²) < 4.78 is 0. The van der Waals surface area contributed by atoms with Gasteiger partial charge in [0.1, 0.15) is 0 Å². The third-order valence-electron chi connectivity index (χ3n) is 5.03. The molecule has 0 aromatic carbocycles. The maximum absolute atomic E-state index is 6.04. The molecule has 0 heterocycles. The molecule has 2 aliphatic carbocycles.